The van der Waals surface area contributed by atoms with Crippen LogP contribution in [0.15, 0.2) is 5.38 Å². The number of aryl methyl sites for hydroxylation is 1. The maximum absolute atomic E-state index is 9.94. The maximum Gasteiger partial charge on any atom is 0.122 e. The summed E-state index contributed by atoms with van der Waals surface area (Å²) >= 11 is 1.56. The molecule has 1 aromatic heterocycles. The first kappa shape index (κ1) is 10.7. The molecule has 1 rings (SSSR count). The first-order chi connectivity index (χ1) is 6.19. The highest BCUT2D eigenvalue weighted by molar-refractivity contribution is 7.09. The van der Waals surface area contributed by atoms with Gasteiger partial charge in [-0.15, -0.1) is 11.3 Å². The molecule has 0 aliphatic carbocycles. The summed E-state index contributed by atoms with van der Waals surface area (Å²) in [5.74, 6) is 0.352. The summed E-state index contributed by atoms with van der Waals surface area (Å²) in [7, 11) is 0. The Kier molecular flexibility index (Phi) is 3.88. The van der Waals surface area contributed by atoms with E-state index < -0.39 is 0 Å². The molecule has 0 bridgehead atoms. The number of aliphatic hydroxyl groups is 1. The van der Waals surface area contributed by atoms with Gasteiger partial charge in [0, 0.05) is 11.1 Å². The fourth-order valence-electron chi connectivity index (χ4n) is 1.44. The van der Waals surface area contributed by atoms with E-state index in [1.807, 2.05) is 12.3 Å². The molecule has 1 atom stereocenters. The van der Waals surface area contributed by atoms with Crippen molar-refractivity contribution < 1.29 is 5.11 Å². The average Bonchev–Trinajstić information content (AvgIpc) is 2.54. The number of thiazole rings is 1. The van der Waals surface area contributed by atoms with Crippen molar-refractivity contribution in [1.82, 2.24) is 4.98 Å². The highest BCUT2D eigenvalue weighted by Crippen LogP contribution is 2.28. The third-order valence-corrected chi connectivity index (χ3v) is 3.42. The molecular weight excluding hydrogens is 182 g/mol. The van der Waals surface area contributed by atoms with E-state index in [-0.39, 0.29) is 6.10 Å². The molecule has 0 aliphatic heterocycles. The smallest absolute Gasteiger partial charge is 0.122 e. The molecule has 1 N–H and O–H groups in total. The Morgan fingerprint density at radius 1 is 1.46 bits per heavy atom. The van der Waals surface area contributed by atoms with E-state index >= 15 is 0 Å². The lowest BCUT2D eigenvalue weighted by Crippen LogP contribution is -2.10. The topological polar surface area (TPSA) is 33.1 Å². The summed E-state index contributed by atoms with van der Waals surface area (Å²) in [4.78, 5) is 4.30. The van der Waals surface area contributed by atoms with E-state index in [0.717, 1.165) is 23.5 Å². The van der Waals surface area contributed by atoms with Gasteiger partial charge in [0.05, 0.1) is 0 Å². The molecule has 0 radical (unpaired) electrons. The van der Waals surface area contributed by atoms with Crippen LogP contribution in [0, 0.1) is 12.8 Å². The minimum absolute atomic E-state index is 0.352. The first-order valence-corrected chi connectivity index (χ1v) is 5.67. The van der Waals surface area contributed by atoms with Crippen LogP contribution in [0.1, 0.15) is 43.5 Å². The van der Waals surface area contributed by atoms with E-state index in [2.05, 4.69) is 18.8 Å². The Morgan fingerprint density at radius 2 is 2.08 bits per heavy atom. The SMILES string of the molecule is CCC(CC)C(O)c1nc(C)cs1. The van der Waals surface area contributed by atoms with Crippen LogP contribution in [0.4, 0.5) is 0 Å². The van der Waals surface area contributed by atoms with Crippen LogP contribution in [0.5, 0.6) is 0 Å². The van der Waals surface area contributed by atoms with E-state index in [9.17, 15) is 5.11 Å². The quantitative estimate of drug-likeness (QED) is 0.808. The summed E-state index contributed by atoms with van der Waals surface area (Å²) in [6, 6.07) is 0. The Morgan fingerprint density at radius 3 is 2.46 bits per heavy atom. The minimum atomic E-state index is -0.367. The molecule has 1 heterocycles. The summed E-state index contributed by atoms with van der Waals surface area (Å²) in [5.41, 5.74) is 1.00. The molecule has 0 spiro atoms. The number of aromatic nitrogens is 1. The second-order valence-electron chi connectivity index (χ2n) is 3.35. The summed E-state index contributed by atoms with van der Waals surface area (Å²) in [6.45, 7) is 6.18. The maximum atomic E-state index is 9.94. The van der Waals surface area contributed by atoms with Crippen molar-refractivity contribution in [3.05, 3.63) is 16.1 Å². The number of rotatable bonds is 4. The number of aliphatic hydroxyl groups excluding tert-OH is 1. The summed E-state index contributed by atoms with van der Waals surface area (Å²) in [6.07, 6.45) is 1.65. The van der Waals surface area contributed by atoms with Gasteiger partial charge in [0.1, 0.15) is 11.1 Å². The molecular formula is C10H17NOS. The number of hydrogen-bond donors (Lipinski definition) is 1. The molecule has 0 aliphatic rings. The van der Waals surface area contributed by atoms with Gasteiger partial charge >= 0.3 is 0 Å². The third-order valence-electron chi connectivity index (χ3n) is 2.39. The van der Waals surface area contributed by atoms with Gasteiger partial charge in [-0.05, 0) is 12.8 Å². The largest absolute Gasteiger partial charge is 0.386 e. The molecule has 74 valence electrons. The van der Waals surface area contributed by atoms with E-state index in [4.69, 9.17) is 0 Å². The lowest BCUT2D eigenvalue weighted by atomic mass is 9.97. The normalized spacial score (nSPS) is 13.6. The molecule has 0 amide bonds. The molecule has 3 heteroatoms. The monoisotopic (exact) mass is 199 g/mol. The van der Waals surface area contributed by atoms with E-state index in [1.165, 1.54) is 0 Å². The number of nitrogens with zero attached hydrogens (tertiary/aromatic N) is 1. The van der Waals surface area contributed by atoms with Gasteiger partial charge in [0.15, 0.2) is 0 Å². The van der Waals surface area contributed by atoms with Gasteiger partial charge in [-0.1, -0.05) is 26.7 Å². The molecule has 1 unspecified atom stereocenters. The molecule has 13 heavy (non-hydrogen) atoms. The van der Waals surface area contributed by atoms with E-state index in [0.29, 0.717) is 5.92 Å². The van der Waals surface area contributed by atoms with Gasteiger partial charge in [-0.25, -0.2) is 4.98 Å². The van der Waals surface area contributed by atoms with Crippen LogP contribution in [0.2, 0.25) is 0 Å². The van der Waals surface area contributed by atoms with E-state index in [1.54, 1.807) is 11.3 Å². The van der Waals surface area contributed by atoms with Crippen LogP contribution in [0.25, 0.3) is 0 Å². The second-order valence-corrected chi connectivity index (χ2v) is 4.24. The molecule has 0 aromatic carbocycles. The van der Waals surface area contributed by atoms with Crippen LogP contribution < -0.4 is 0 Å². The van der Waals surface area contributed by atoms with Crippen molar-refractivity contribution in [1.29, 1.82) is 0 Å². The van der Waals surface area contributed by atoms with Crippen LogP contribution in [0.3, 0.4) is 0 Å². The molecule has 1 aromatic rings. The van der Waals surface area contributed by atoms with Crippen molar-refractivity contribution in [2.24, 2.45) is 5.92 Å². The van der Waals surface area contributed by atoms with Crippen LogP contribution >= 0.6 is 11.3 Å². The molecule has 0 saturated heterocycles. The zero-order valence-corrected chi connectivity index (χ0v) is 9.27. The van der Waals surface area contributed by atoms with Crippen molar-refractivity contribution in [3.8, 4) is 0 Å². The van der Waals surface area contributed by atoms with Crippen molar-refractivity contribution in [2.45, 2.75) is 39.7 Å². The first-order valence-electron chi connectivity index (χ1n) is 4.79. The Balaban J connectivity index is 2.71. The van der Waals surface area contributed by atoms with Crippen LogP contribution in [-0.2, 0) is 0 Å². The molecule has 0 fully saturated rings. The predicted molar refractivity (Wildman–Crippen MR) is 55.9 cm³/mol. The standard InChI is InChI=1S/C10H17NOS/c1-4-8(5-2)9(12)10-11-7(3)6-13-10/h6,8-9,12H,4-5H2,1-3H3. The Bertz CT molecular complexity index is 255. The highest BCUT2D eigenvalue weighted by atomic mass is 32.1. The lowest BCUT2D eigenvalue weighted by Gasteiger charge is -2.17. The zero-order valence-electron chi connectivity index (χ0n) is 8.45. The highest BCUT2D eigenvalue weighted by Gasteiger charge is 2.19. The van der Waals surface area contributed by atoms with Crippen molar-refractivity contribution in [3.63, 3.8) is 0 Å². The van der Waals surface area contributed by atoms with Crippen LogP contribution in [-0.4, -0.2) is 10.1 Å². The zero-order chi connectivity index (χ0) is 9.84. The van der Waals surface area contributed by atoms with Gasteiger partial charge in [-0.2, -0.15) is 0 Å². The van der Waals surface area contributed by atoms with Gasteiger partial charge in [0.25, 0.3) is 0 Å². The fourth-order valence-corrected chi connectivity index (χ4v) is 2.32. The summed E-state index contributed by atoms with van der Waals surface area (Å²) in [5, 5.41) is 12.8. The summed E-state index contributed by atoms with van der Waals surface area (Å²) < 4.78 is 0. The molecule has 2 nitrogen and oxygen atoms in total. The second kappa shape index (κ2) is 4.72. The van der Waals surface area contributed by atoms with Gasteiger partial charge in [0.2, 0.25) is 0 Å². The minimum Gasteiger partial charge on any atom is -0.386 e. The predicted octanol–water partition coefficient (Wildman–Crippen LogP) is 2.92. The molecule has 0 saturated carbocycles. The average molecular weight is 199 g/mol. The third kappa shape index (κ3) is 2.51. The van der Waals surface area contributed by atoms with Crippen molar-refractivity contribution >= 4 is 11.3 Å². The van der Waals surface area contributed by atoms with Gasteiger partial charge in [-0.3, -0.25) is 0 Å². The van der Waals surface area contributed by atoms with Crippen molar-refractivity contribution in [2.75, 3.05) is 0 Å². The lowest BCUT2D eigenvalue weighted by molar-refractivity contribution is 0.103. The number of hydrogen-bond acceptors (Lipinski definition) is 3. The van der Waals surface area contributed by atoms with Gasteiger partial charge < -0.3 is 5.11 Å². The Hall–Kier alpha value is -0.410. The Labute approximate surface area is 83.6 Å². The fraction of sp³-hybridized carbons (Fsp3) is 0.700.